The van der Waals surface area contributed by atoms with Crippen molar-refractivity contribution in [3.05, 3.63) is 65.9 Å². The Morgan fingerprint density at radius 3 is 3.00 bits per heavy atom. The van der Waals surface area contributed by atoms with Crippen LogP contribution in [0.3, 0.4) is 0 Å². The zero-order chi connectivity index (χ0) is 20.9. The summed E-state index contributed by atoms with van der Waals surface area (Å²) in [4.78, 5) is 27.0. The number of nitrogens with one attached hydrogen (secondary N) is 2. The predicted molar refractivity (Wildman–Crippen MR) is 121 cm³/mol. The van der Waals surface area contributed by atoms with Crippen LogP contribution in [0.5, 0.6) is 0 Å². The lowest BCUT2D eigenvalue weighted by molar-refractivity contribution is 0.206. The molecule has 0 saturated carbocycles. The van der Waals surface area contributed by atoms with Gasteiger partial charge in [0.25, 0.3) is 0 Å². The van der Waals surface area contributed by atoms with Crippen molar-refractivity contribution < 1.29 is 4.79 Å². The van der Waals surface area contributed by atoms with Gasteiger partial charge < -0.3 is 15.2 Å². The SMILES string of the molecule is C=C/C(=C\C=C/CCC)NC(=O)N1CC=C(c2ncnc3[nH]c4c(c23)CCC4)CC1. The van der Waals surface area contributed by atoms with E-state index < -0.39 is 0 Å². The third kappa shape index (κ3) is 4.08. The number of aromatic amines is 1. The maximum atomic E-state index is 12.7. The molecular weight excluding hydrogens is 374 g/mol. The molecule has 2 aromatic heterocycles. The van der Waals surface area contributed by atoms with E-state index in [4.69, 9.17) is 0 Å². The highest BCUT2D eigenvalue weighted by molar-refractivity contribution is 5.92. The van der Waals surface area contributed by atoms with E-state index in [1.54, 1.807) is 12.4 Å². The molecule has 0 fully saturated rings. The molecule has 1 aliphatic carbocycles. The molecule has 4 rings (SSSR count). The number of aromatic nitrogens is 3. The summed E-state index contributed by atoms with van der Waals surface area (Å²) in [6.45, 7) is 7.16. The van der Waals surface area contributed by atoms with Crippen LogP contribution in [0, 0.1) is 0 Å². The second-order valence-corrected chi connectivity index (χ2v) is 7.78. The average Bonchev–Trinajstić information content (AvgIpc) is 3.37. The highest BCUT2D eigenvalue weighted by Gasteiger charge is 2.24. The van der Waals surface area contributed by atoms with Crippen LogP contribution < -0.4 is 5.32 Å². The summed E-state index contributed by atoms with van der Waals surface area (Å²) in [6.07, 6.45) is 17.6. The Balaban J connectivity index is 1.46. The lowest BCUT2D eigenvalue weighted by Gasteiger charge is -2.27. The molecule has 30 heavy (non-hydrogen) atoms. The molecule has 156 valence electrons. The monoisotopic (exact) mass is 403 g/mol. The molecular formula is C24H29N5O. The van der Waals surface area contributed by atoms with Crippen molar-refractivity contribution in [1.29, 1.82) is 0 Å². The van der Waals surface area contributed by atoms with Gasteiger partial charge in [0.2, 0.25) is 0 Å². The minimum atomic E-state index is -0.101. The summed E-state index contributed by atoms with van der Waals surface area (Å²) in [5.74, 6) is 0. The number of allylic oxidation sites excluding steroid dienone is 4. The maximum absolute atomic E-state index is 12.7. The van der Waals surface area contributed by atoms with Gasteiger partial charge in [0.15, 0.2) is 0 Å². The summed E-state index contributed by atoms with van der Waals surface area (Å²) in [7, 11) is 0. The molecule has 0 saturated heterocycles. The number of carbonyl (C=O) groups is 1. The van der Waals surface area contributed by atoms with Crippen LogP contribution in [0.25, 0.3) is 16.6 Å². The standard InChI is InChI=1S/C24H29N5O/c1-3-5-6-7-9-18(4-2)27-24(30)29-14-12-17(13-15-29)22-21-19-10-8-11-20(19)28-23(21)26-16-25-22/h4,6-7,9,12,16H,2-3,5,8,10-11,13-15H2,1H3,(H,27,30)(H,25,26,28)/b7-6-,18-9+. The van der Waals surface area contributed by atoms with Gasteiger partial charge in [-0.3, -0.25) is 0 Å². The van der Waals surface area contributed by atoms with E-state index in [-0.39, 0.29) is 6.03 Å². The van der Waals surface area contributed by atoms with Gasteiger partial charge in [-0.2, -0.15) is 0 Å². The van der Waals surface area contributed by atoms with Crippen molar-refractivity contribution >= 4 is 22.6 Å². The predicted octanol–water partition coefficient (Wildman–Crippen LogP) is 4.67. The van der Waals surface area contributed by atoms with Crippen LogP contribution >= 0.6 is 0 Å². The Morgan fingerprint density at radius 1 is 1.33 bits per heavy atom. The summed E-state index contributed by atoms with van der Waals surface area (Å²) in [5, 5.41) is 4.12. The van der Waals surface area contributed by atoms with E-state index in [1.807, 2.05) is 17.1 Å². The van der Waals surface area contributed by atoms with Crippen molar-refractivity contribution in [1.82, 2.24) is 25.2 Å². The summed E-state index contributed by atoms with van der Waals surface area (Å²) < 4.78 is 0. The molecule has 6 nitrogen and oxygen atoms in total. The van der Waals surface area contributed by atoms with Crippen molar-refractivity contribution in [2.75, 3.05) is 13.1 Å². The van der Waals surface area contributed by atoms with Gasteiger partial charge in [-0.05, 0) is 55.4 Å². The molecule has 2 aromatic rings. The van der Waals surface area contributed by atoms with E-state index >= 15 is 0 Å². The number of H-pyrrole nitrogens is 1. The molecule has 0 radical (unpaired) electrons. The maximum Gasteiger partial charge on any atom is 0.322 e. The number of fused-ring (bicyclic) bond motifs is 3. The smallest absolute Gasteiger partial charge is 0.322 e. The second-order valence-electron chi connectivity index (χ2n) is 7.78. The second kappa shape index (κ2) is 9.11. The number of amides is 2. The van der Waals surface area contributed by atoms with Crippen LogP contribution in [-0.4, -0.2) is 39.0 Å². The van der Waals surface area contributed by atoms with Gasteiger partial charge >= 0.3 is 6.03 Å². The summed E-state index contributed by atoms with van der Waals surface area (Å²) >= 11 is 0. The third-order valence-corrected chi connectivity index (χ3v) is 5.78. The van der Waals surface area contributed by atoms with Crippen LogP contribution in [0.15, 0.2) is 49.0 Å². The van der Waals surface area contributed by atoms with Crippen molar-refractivity contribution in [2.24, 2.45) is 0 Å². The highest BCUT2D eigenvalue weighted by Crippen LogP contribution is 2.34. The lowest BCUT2D eigenvalue weighted by atomic mass is 10.00. The van der Waals surface area contributed by atoms with Crippen LogP contribution in [0.4, 0.5) is 4.79 Å². The van der Waals surface area contributed by atoms with Crippen molar-refractivity contribution in [3.63, 3.8) is 0 Å². The molecule has 2 amide bonds. The normalized spacial score (nSPS) is 16.8. The summed E-state index contributed by atoms with van der Waals surface area (Å²) in [5.41, 5.74) is 6.54. The van der Waals surface area contributed by atoms with Crippen LogP contribution in [0.1, 0.15) is 49.6 Å². The number of carbonyl (C=O) groups excluding carboxylic acids is 1. The Bertz CT molecular complexity index is 1040. The molecule has 2 N–H and O–H groups in total. The number of rotatable bonds is 6. The van der Waals surface area contributed by atoms with Gasteiger partial charge in [0, 0.05) is 29.9 Å². The molecule has 0 aromatic carbocycles. The average molecular weight is 404 g/mol. The van der Waals surface area contributed by atoms with Gasteiger partial charge in [0.1, 0.15) is 12.0 Å². The molecule has 6 heteroatoms. The number of urea groups is 1. The van der Waals surface area contributed by atoms with E-state index in [9.17, 15) is 4.79 Å². The van der Waals surface area contributed by atoms with E-state index in [0.29, 0.717) is 18.8 Å². The zero-order valence-electron chi connectivity index (χ0n) is 17.6. The highest BCUT2D eigenvalue weighted by atomic mass is 16.2. The van der Waals surface area contributed by atoms with Gasteiger partial charge in [-0.25, -0.2) is 14.8 Å². The first kappa shape index (κ1) is 20.1. The number of aryl methyl sites for hydroxylation is 2. The van der Waals surface area contributed by atoms with Crippen molar-refractivity contribution in [2.45, 2.75) is 45.4 Å². The number of unbranched alkanes of at least 4 members (excludes halogenated alkanes) is 1. The first-order chi connectivity index (χ1) is 14.7. The fourth-order valence-electron chi connectivity index (χ4n) is 4.18. The third-order valence-electron chi connectivity index (χ3n) is 5.78. The Labute approximate surface area is 177 Å². The Kier molecular flexibility index (Phi) is 6.12. The zero-order valence-corrected chi connectivity index (χ0v) is 17.6. The van der Waals surface area contributed by atoms with E-state index in [0.717, 1.165) is 43.4 Å². The van der Waals surface area contributed by atoms with Gasteiger partial charge in [-0.1, -0.05) is 38.2 Å². The quantitative estimate of drug-likeness (QED) is 0.688. The minimum Gasteiger partial charge on any atom is -0.343 e. The lowest BCUT2D eigenvalue weighted by Crippen LogP contribution is -2.41. The van der Waals surface area contributed by atoms with Crippen LogP contribution in [0.2, 0.25) is 0 Å². The topological polar surface area (TPSA) is 73.9 Å². The van der Waals surface area contributed by atoms with Gasteiger partial charge in [-0.15, -0.1) is 0 Å². The minimum absolute atomic E-state index is 0.101. The molecule has 0 spiro atoms. The van der Waals surface area contributed by atoms with E-state index in [1.165, 1.54) is 28.6 Å². The first-order valence-electron chi connectivity index (χ1n) is 10.8. The Morgan fingerprint density at radius 2 is 2.23 bits per heavy atom. The van der Waals surface area contributed by atoms with Crippen LogP contribution in [-0.2, 0) is 12.8 Å². The fourth-order valence-corrected chi connectivity index (χ4v) is 4.18. The first-order valence-corrected chi connectivity index (χ1v) is 10.8. The Hall–Kier alpha value is -3.15. The molecule has 3 heterocycles. The molecule has 0 bridgehead atoms. The van der Waals surface area contributed by atoms with E-state index in [2.05, 4.69) is 45.9 Å². The number of hydrogen-bond acceptors (Lipinski definition) is 3. The van der Waals surface area contributed by atoms with Gasteiger partial charge in [0.05, 0.1) is 5.69 Å². The number of hydrogen-bond donors (Lipinski definition) is 2. The largest absolute Gasteiger partial charge is 0.343 e. The summed E-state index contributed by atoms with van der Waals surface area (Å²) in [6, 6.07) is -0.101. The molecule has 1 aliphatic heterocycles. The molecule has 2 aliphatic rings. The molecule has 0 unspecified atom stereocenters. The van der Waals surface area contributed by atoms with Crippen molar-refractivity contribution in [3.8, 4) is 0 Å². The fraction of sp³-hybridized carbons (Fsp3) is 0.375. The number of nitrogens with zero attached hydrogens (tertiary/aromatic N) is 3. The molecule has 0 atom stereocenters.